The van der Waals surface area contributed by atoms with Gasteiger partial charge in [0.25, 0.3) is 0 Å². The lowest BCUT2D eigenvalue weighted by atomic mass is 10.3. The third-order valence-electron chi connectivity index (χ3n) is 1.36. The van der Waals surface area contributed by atoms with Crippen LogP contribution in [0.4, 0.5) is 5.82 Å². The predicted molar refractivity (Wildman–Crippen MR) is 61.0 cm³/mol. The normalized spacial score (nSPS) is 7.71. The van der Waals surface area contributed by atoms with Crippen molar-refractivity contribution in [2.45, 2.75) is 0 Å². The average molecular weight is 235 g/mol. The van der Waals surface area contributed by atoms with Gasteiger partial charge in [-0.2, -0.15) is 5.26 Å². The van der Waals surface area contributed by atoms with Gasteiger partial charge in [0.1, 0.15) is 11.9 Å². The maximum absolute atomic E-state index is 8.66. The summed E-state index contributed by atoms with van der Waals surface area (Å²) in [5.41, 5.74) is 5.84. The minimum Gasteiger partial charge on any atom is -0.368 e. The zero-order chi connectivity index (χ0) is 8.81. The number of anilines is 1. The molecule has 1 aromatic heterocycles. The van der Waals surface area contributed by atoms with Crippen molar-refractivity contribution in [3.63, 3.8) is 0 Å². The number of rotatable bonds is 3. The molecule has 0 atom stereocenters. The zero-order valence-electron chi connectivity index (χ0n) is 7.43. The van der Waals surface area contributed by atoms with E-state index in [4.69, 9.17) is 11.0 Å². The quantitative estimate of drug-likeness (QED) is 0.824. The van der Waals surface area contributed by atoms with Gasteiger partial charge in [-0.1, -0.05) is 0 Å². The van der Waals surface area contributed by atoms with Gasteiger partial charge in [0.15, 0.2) is 0 Å². The van der Waals surface area contributed by atoms with Crippen LogP contribution in [0.15, 0.2) is 18.3 Å². The first kappa shape index (κ1) is 15.5. The van der Waals surface area contributed by atoms with E-state index in [1.54, 1.807) is 18.3 Å². The highest BCUT2D eigenvalue weighted by molar-refractivity contribution is 5.85. The molecule has 6 heteroatoms. The van der Waals surface area contributed by atoms with Gasteiger partial charge < -0.3 is 11.1 Å². The predicted octanol–water partition coefficient (Wildman–Crippen LogP) is 1.17. The maximum Gasteiger partial charge on any atom is 0.143 e. The van der Waals surface area contributed by atoms with E-state index < -0.39 is 0 Å². The summed E-state index contributed by atoms with van der Waals surface area (Å²) >= 11 is 0. The molecule has 1 heterocycles. The molecule has 1 aromatic rings. The van der Waals surface area contributed by atoms with Crippen molar-refractivity contribution < 1.29 is 0 Å². The second kappa shape index (κ2) is 8.57. The van der Waals surface area contributed by atoms with Crippen molar-refractivity contribution in [2.24, 2.45) is 5.73 Å². The summed E-state index contributed by atoms with van der Waals surface area (Å²) in [4.78, 5) is 4.00. The lowest BCUT2D eigenvalue weighted by molar-refractivity contribution is 1.01. The summed E-state index contributed by atoms with van der Waals surface area (Å²) in [6, 6.07) is 5.48. The molecule has 0 fully saturated rings. The molecule has 3 N–H and O–H groups in total. The Morgan fingerprint density at radius 2 is 2.21 bits per heavy atom. The first-order chi connectivity index (χ1) is 5.88. The Kier molecular flexibility index (Phi) is 9.46. The zero-order valence-corrected chi connectivity index (χ0v) is 9.07. The molecule has 0 unspecified atom stereocenters. The minimum absolute atomic E-state index is 0. The second-order valence-corrected chi connectivity index (χ2v) is 2.23. The van der Waals surface area contributed by atoms with E-state index in [0.29, 0.717) is 24.5 Å². The van der Waals surface area contributed by atoms with Crippen LogP contribution in [0.2, 0.25) is 0 Å². The molecule has 0 radical (unpaired) electrons. The van der Waals surface area contributed by atoms with E-state index in [1.165, 1.54) is 0 Å². The molecule has 0 saturated heterocycles. The fraction of sp³-hybridized carbons (Fsp3) is 0.250. The molecule has 0 aromatic carbocycles. The fourth-order valence-electron chi connectivity index (χ4n) is 0.827. The van der Waals surface area contributed by atoms with E-state index in [1.807, 2.05) is 6.07 Å². The molecule has 0 saturated carbocycles. The first-order valence-corrected chi connectivity index (χ1v) is 3.67. The monoisotopic (exact) mass is 234 g/mol. The summed E-state index contributed by atoms with van der Waals surface area (Å²) in [6.07, 6.45) is 1.64. The molecule has 0 aliphatic rings. The molecule has 0 bridgehead atoms. The third-order valence-corrected chi connectivity index (χ3v) is 1.36. The first-order valence-electron chi connectivity index (χ1n) is 3.67. The van der Waals surface area contributed by atoms with E-state index in [2.05, 4.69) is 10.3 Å². The molecular weight excluding hydrogens is 223 g/mol. The van der Waals surface area contributed by atoms with E-state index in [9.17, 15) is 0 Å². The van der Waals surface area contributed by atoms with Crippen LogP contribution in [0, 0.1) is 11.3 Å². The van der Waals surface area contributed by atoms with E-state index in [0.717, 1.165) is 0 Å². The van der Waals surface area contributed by atoms with Crippen LogP contribution in [0.3, 0.4) is 0 Å². The second-order valence-electron chi connectivity index (χ2n) is 2.23. The number of nitriles is 1. The molecular formula is C8H12Cl2N4. The van der Waals surface area contributed by atoms with Gasteiger partial charge in [0.05, 0.1) is 5.56 Å². The van der Waals surface area contributed by atoms with Crippen molar-refractivity contribution in [3.8, 4) is 6.07 Å². The summed E-state index contributed by atoms with van der Waals surface area (Å²) in [6.45, 7) is 1.16. The number of pyridine rings is 1. The highest BCUT2D eigenvalue weighted by Gasteiger charge is 1.98. The Bertz CT molecular complexity index is 298. The van der Waals surface area contributed by atoms with Crippen LogP contribution < -0.4 is 11.1 Å². The molecule has 0 amide bonds. The lowest BCUT2D eigenvalue weighted by Gasteiger charge is -2.03. The largest absolute Gasteiger partial charge is 0.368 e. The van der Waals surface area contributed by atoms with Crippen molar-refractivity contribution in [3.05, 3.63) is 23.9 Å². The van der Waals surface area contributed by atoms with Gasteiger partial charge in [-0.25, -0.2) is 4.98 Å². The maximum atomic E-state index is 8.66. The Morgan fingerprint density at radius 1 is 1.50 bits per heavy atom. The standard InChI is InChI=1S/C8H10N4.2ClH/c9-3-5-12-8-7(6-10)2-1-4-11-8;;/h1-2,4H,3,5,9H2,(H,11,12);2*1H. The average Bonchev–Trinajstić information content (AvgIpc) is 2.15. The number of hydrogen-bond acceptors (Lipinski definition) is 4. The molecule has 14 heavy (non-hydrogen) atoms. The van der Waals surface area contributed by atoms with Crippen LogP contribution in [-0.4, -0.2) is 18.1 Å². The van der Waals surface area contributed by atoms with Crippen LogP contribution in [0.25, 0.3) is 0 Å². The molecule has 78 valence electrons. The Hall–Kier alpha value is -1.02. The summed E-state index contributed by atoms with van der Waals surface area (Å²) < 4.78 is 0. The Labute approximate surface area is 95.3 Å². The summed E-state index contributed by atoms with van der Waals surface area (Å²) in [7, 11) is 0. The SMILES string of the molecule is Cl.Cl.N#Cc1cccnc1NCCN. The van der Waals surface area contributed by atoms with Crippen molar-refractivity contribution in [2.75, 3.05) is 18.4 Å². The molecule has 0 spiro atoms. The number of nitrogens with zero attached hydrogens (tertiary/aromatic N) is 2. The smallest absolute Gasteiger partial charge is 0.143 e. The third kappa shape index (κ3) is 4.28. The van der Waals surface area contributed by atoms with Gasteiger partial charge in [0.2, 0.25) is 0 Å². The molecule has 1 rings (SSSR count). The Balaban J connectivity index is 0. The lowest BCUT2D eigenvalue weighted by Crippen LogP contribution is -2.14. The van der Waals surface area contributed by atoms with Gasteiger partial charge >= 0.3 is 0 Å². The topological polar surface area (TPSA) is 74.7 Å². The highest BCUT2D eigenvalue weighted by Crippen LogP contribution is 2.08. The molecule has 0 aliphatic carbocycles. The highest BCUT2D eigenvalue weighted by atomic mass is 35.5. The van der Waals surface area contributed by atoms with Gasteiger partial charge in [-0.15, -0.1) is 24.8 Å². The van der Waals surface area contributed by atoms with Gasteiger partial charge in [-0.05, 0) is 12.1 Å². The van der Waals surface area contributed by atoms with Gasteiger partial charge in [0, 0.05) is 19.3 Å². The summed E-state index contributed by atoms with van der Waals surface area (Å²) in [5.74, 6) is 0.602. The van der Waals surface area contributed by atoms with Gasteiger partial charge in [-0.3, -0.25) is 0 Å². The van der Waals surface area contributed by atoms with Crippen LogP contribution in [-0.2, 0) is 0 Å². The number of aromatic nitrogens is 1. The number of nitrogens with two attached hydrogens (primary N) is 1. The number of nitrogens with one attached hydrogen (secondary N) is 1. The fourth-order valence-corrected chi connectivity index (χ4v) is 0.827. The van der Waals surface area contributed by atoms with Crippen LogP contribution in [0.1, 0.15) is 5.56 Å². The molecule has 0 aliphatic heterocycles. The van der Waals surface area contributed by atoms with Crippen molar-refractivity contribution in [1.82, 2.24) is 4.98 Å². The van der Waals surface area contributed by atoms with E-state index >= 15 is 0 Å². The van der Waals surface area contributed by atoms with Crippen LogP contribution >= 0.6 is 24.8 Å². The molecule has 4 nitrogen and oxygen atoms in total. The number of hydrogen-bond donors (Lipinski definition) is 2. The van der Waals surface area contributed by atoms with Crippen molar-refractivity contribution >= 4 is 30.6 Å². The summed E-state index contributed by atoms with van der Waals surface area (Å²) in [5, 5.41) is 11.6. The van der Waals surface area contributed by atoms with Crippen LogP contribution in [0.5, 0.6) is 0 Å². The minimum atomic E-state index is 0. The van der Waals surface area contributed by atoms with Crippen molar-refractivity contribution in [1.29, 1.82) is 5.26 Å². The Morgan fingerprint density at radius 3 is 2.79 bits per heavy atom. The van der Waals surface area contributed by atoms with E-state index in [-0.39, 0.29) is 24.8 Å². The number of halogens is 2.